The average molecular weight is 363 g/mol. The van der Waals surface area contributed by atoms with Crippen molar-refractivity contribution in [3.05, 3.63) is 94.7 Å². The predicted octanol–water partition coefficient (Wildman–Crippen LogP) is 4.80. The topological polar surface area (TPSA) is 46.9 Å². The summed E-state index contributed by atoms with van der Waals surface area (Å²) in [5.41, 5.74) is 5.63. The third-order valence-corrected chi connectivity index (χ3v) is 4.55. The van der Waals surface area contributed by atoms with Crippen LogP contribution in [0.2, 0.25) is 0 Å². The highest BCUT2D eigenvalue weighted by molar-refractivity contribution is 6.04. The van der Waals surface area contributed by atoms with E-state index in [0.717, 1.165) is 17.1 Å². The fourth-order valence-corrected chi connectivity index (χ4v) is 2.92. The number of carbonyl (C=O) groups excluding carboxylic acids is 1. The van der Waals surface area contributed by atoms with Crippen LogP contribution in [0.1, 0.15) is 32.9 Å². The molecule has 3 aromatic rings. The second-order valence-electron chi connectivity index (χ2n) is 6.48. The largest absolute Gasteiger partial charge is 0.359 e. The number of carbonyl (C=O) groups is 1. The molecule has 0 aliphatic rings. The predicted molar refractivity (Wildman–Crippen MR) is 105 cm³/mol. The summed E-state index contributed by atoms with van der Waals surface area (Å²) in [5.74, 6) is -0.550. The molecule has 0 aliphatic carbocycles. The number of hydrogen-bond donors (Lipinski definition) is 1. The third-order valence-electron chi connectivity index (χ3n) is 4.55. The molecule has 0 bridgehead atoms. The number of rotatable bonds is 6. The first-order chi connectivity index (χ1) is 13.0. The Bertz CT molecular complexity index is 987. The number of allylic oxidation sites excluding steroid dienone is 1. The molecule has 0 radical (unpaired) electrons. The maximum atomic E-state index is 12.9. The molecule has 3 rings (SSSR count). The second kappa shape index (κ2) is 7.99. The molecule has 1 aromatic heterocycles. The zero-order valence-corrected chi connectivity index (χ0v) is 15.7. The van der Waals surface area contributed by atoms with E-state index in [9.17, 15) is 9.18 Å². The van der Waals surface area contributed by atoms with Crippen LogP contribution in [0.4, 0.5) is 10.1 Å². The molecule has 5 heteroatoms. The number of benzene rings is 2. The van der Waals surface area contributed by atoms with Crippen molar-refractivity contribution in [1.29, 1.82) is 0 Å². The van der Waals surface area contributed by atoms with Gasteiger partial charge in [0.1, 0.15) is 5.82 Å². The lowest BCUT2D eigenvalue weighted by Gasteiger charge is -2.08. The van der Waals surface area contributed by atoms with E-state index in [-0.39, 0.29) is 11.6 Å². The van der Waals surface area contributed by atoms with Crippen LogP contribution < -0.4 is 5.32 Å². The number of nitrogens with zero attached hydrogens (tertiary/aromatic N) is 2. The molecule has 138 valence electrons. The highest BCUT2D eigenvalue weighted by atomic mass is 19.1. The van der Waals surface area contributed by atoms with Crippen LogP contribution in [-0.2, 0) is 6.54 Å². The summed E-state index contributed by atoms with van der Waals surface area (Å²) < 4.78 is 14.9. The van der Waals surface area contributed by atoms with Gasteiger partial charge in [0.15, 0.2) is 5.78 Å². The van der Waals surface area contributed by atoms with Gasteiger partial charge in [-0.3, -0.25) is 9.48 Å². The van der Waals surface area contributed by atoms with Gasteiger partial charge in [0.2, 0.25) is 0 Å². The lowest BCUT2D eigenvalue weighted by molar-refractivity contribution is 0.104. The number of hydrogen-bond acceptors (Lipinski definition) is 3. The molecule has 0 fully saturated rings. The Hall–Kier alpha value is -3.21. The van der Waals surface area contributed by atoms with Gasteiger partial charge in [-0.05, 0) is 56.2 Å². The molecule has 1 N–H and O–H groups in total. The van der Waals surface area contributed by atoms with Crippen molar-refractivity contribution in [2.45, 2.75) is 27.3 Å². The summed E-state index contributed by atoms with van der Waals surface area (Å²) in [6.45, 7) is 6.71. The van der Waals surface area contributed by atoms with Crippen molar-refractivity contribution in [1.82, 2.24) is 9.78 Å². The molecule has 1 heterocycles. The van der Waals surface area contributed by atoms with Gasteiger partial charge in [0.05, 0.1) is 23.6 Å². The van der Waals surface area contributed by atoms with E-state index in [1.54, 1.807) is 6.20 Å². The van der Waals surface area contributed by atoms with Gasteiger partial charge in [-0.15, -0.1) is 0 Å². The number of aromatic nitrogens is 2. The smallest absolute Gasteiger partial charge is 0.187 e. The Morgan fingerprint density at radius 3 is 2.52 bits per heavy atom. The van der Waals surface area contributed by atoms with Crippen LogP contribution >= 0.6 is 0 Å². The Labute approximate surface area is 158 Å². The van der Waals surface area contributed by atoms with Crippen LogP contribution in [0, 0.1) is 26.6 Å². The summed E-state index contributed by atoms with van der Waals surface area (Å²) >= 11 is 0. The van der Waals surface area contributed by atoms with Gasteiger partial charge < -0.3 is 5.32 Å². The minimum absolute atomic E-state index is 0.190. The maximum Gasteiger partial charge on any atom is 0.187 e. The summed E-state index contributed by atoms with van der Waals surface area (Å²) in [6, 6.07) is 13.7. The maximum absolute atomic E-state index is 12.9. The molecule has 4 nitrogen and oxygen atoms in total. The number of aryl methyl sites for hydroxylation is 2. The minimum Gasteiger partial charge on any atom is -0.359 e. The van der Waals surface area contributed by atoms with Crippen LogP contribution in [0.15, 0.2) is 60.8 Å². The van der Waals surface area contributed by atoms with Crippen molar-refractivity contribution in [2.24, 2.45) is 0 Å². The molecule has 0 atom stereocenters. The lowest BCUT2D eigenvalue weighted by Crippen LogP contribution is -2.05. The number of anilines is 1. The fraction of sp³-hybridized carbons (Fsp3) is 0.182. The van der Waals surface area contributed by atoms with Crippen LogP contribution in [0.5, 0.6) is 0 Å². The van der Waals surface area contributed by atoms with E-state index in [1.807, 2.05) is 30.7 Å². The quantitative estimate of drug-likeness (QED) is 0.505. The van der Waals surface area contributed by atoms with E-state index in [0.29, 0.717) is 12.1 Å². The Morgan fingerprint density at radius 2 is 1.81 bits per heavy atom. The van der Waals surface area contributed by atoms with E-state index in [4.69, 9.17) is 0 Å². The van der Waals surface area contributed by atoms with Gasteiger partial charge >= 0.3 is 0 Å². The zero-order valence-electron chi connectivity index (χ0n) is 15.7. The molecule has 0 unspecified atom stereocenters. The highest BCUT2D eigenvalue weighted by Gasteiger charge is 2.11. The van der Waals surface area contributed by atoms with E-state index >= 15 is 0 Å². The first-order valence-corrected chi connectivity index (χ1v) is 8.77. The standard InChI is InChI=1S/C22H22FN3O/c1-15-6-4-5-7-19(15)14-26-17(3)22(16(2)25-26)24-13-12-21(27)18-8-10-20(23)11-9-18/h4-13,24H,14H2,1-3H3/b13-12+. The third kappa shape index (κ3) is 4.31. The van der Waals surface area contributed by atoms with Crippen molar-refractivity contribution < 1.29 is 9.18 Å². The normalized spacial score (nSPS) is 11.1. The van der Waals surface area contributed by atoms with Crippen molar-refractivity contribution in [2.75, 3.05) is 5.32 Å². The van der Waals surface area contributed by atoms with Crippen LogP contribution in [0.3, 0.4) is 0 Å². The summed E-state index contributed by atoms with van der Waals surface area (Å²) in [7, 11) is 0. The van der Waals surface area contributed by atoms with Gasteiger partial charge in [-0.2, -0.15) is 5.10 Å². The van der Waals surface area contributed by atoms with Gasteiger partial charge in [-0.1, -0.05) is 24.3 Å². The number of nitrogens with one attached hydrogen (secondary N) is 1. The highest BCUT2D eigenvalue weighted by Crippen LogP contribution is 2.21. The van der Waals surface area contributed by atoms with Gasteiger partial charge in [0, 0.05) is 17.8 Å². The molecule has 0 aliphatic heterocycles. The summed E-state index contributed by atoms with van der Waals surface area (Å²) in [4.78, 5) is 12.1. The monoisotopic (exact) mass is 363 g/mol. The molecule has 2 aromatic carbocycles. The van der Waals surface area contributed by atoms with E-state index in [2.05, 4.69) is 29.5 Å². The van der Waals surface area contributed by atoms with Gasteiger partial charge in [0.25, 0.3) is 0 Å². The first-order valence-electron chi connectivity index (χ1n) is 8.77. The van der Waals surface area contributed by atoms with E-state index in [1.165, 1.54) is 41.5 Å². The molecule has 0 amide bonds. The Morgan fingerprint density at radius 1 is 1.11 bits per heavy atom. The fourth-order valence-electron chi connectivity index (χ4n) is 2.92. The van der Waals surface area contributed by atoms with Crippen LogP contribution in [0.25, 0.3) is 0 Å². The molecular formula is C22H22FN3O. The van der Waals surface area contributed by atoms with Gasteiger partial charge in [-0.25, -0.2) is 4.39 Å². The molecule has 27 heavy (non-hydrogen) atoms. The van der Waals surface area contributed by atoms with Crippen LogP contribution in [-0.4, -0.2) is 15.6 Å². The van der Waals surface area contributed by atoms with Crippen molar-refractivity contribution in [3.63, 3.8) is 0 Å². The number of ketones is 1. The van der Waals surface area contributed by atoms with E-state index < -0.39 is 0 Å². The Kier molecular flexibility index (Phi) is 5.50. The lowest BCUT2D eigenvalue weighted by atomic mass is 10.1. The summed E-state index contributed by atoms with van der Waals surface area (Å²) in [6.07, 6.45) is 3.03. The SMILES string of the molecule is Cc1ccccc1Cn1nc(C)c(N/C=C/C(=O)c2ccc(F)cc2)c1C. The minimum atomic E-state index is -0.360. The molecule has 0 saturated carbocycles. The molecular weight excluding hydrogens is 341 g/mol. The number of halogens is 1. The van der Waals surface area contributed by atoms with Crippen molar-refractivity contribution >= 4 is 11.5 Å². The average Bonchev–Trinajstić information content (AvgIpc) is 2.91. The first kappa shape index (κ1) is 18.6. The molecule has 0 spiro atoms. The van der Waals surface area contributed by atoms with Crippen molar-refractivity contribution in [3.8, 4) is 0 Å². The molecule has 0 saturated heterocycles. The zero-order chi connectivity index (χ0) is 19.4. The second-order valence-corrected chi connectivity index (χ2v) is 6.48. The Balaban J connectivity index is 1.72. The summed E-state index contributed by atoms with van der Waals surface area (Å²) in [5, 5.41) is 7.76.